The van der Waals surface area contributed by atoms with Crippen LogP contribution in [0.1, 0.15) is 37.0 Å². The molecule has 1 aliphatic rings. The van der Waals surface area contributed by atoms with Gasteiger partial charge in [-0.25, -0.2) is 4.68 Å². The zero-order valence-corrected chi connectivity index (χ0v) is 15.8. The highest BCUT2D eigenvalue weighted by atomic mass is 16.5. The summed E-state index contributed by atoms with van der Waals surface area (Å²) in [4.78, 5) is 16.5. The Hall–Kier alpha value is -3.13. The Morgan fingerprint density at radius 3 is 2.75 bits per heavy atom. The second kappa shape index (κ2) is 6.49. The van der Waals surface area contributed by atoms with Crippen molar-refractivity contribution in [2.24, 2.45) is 5.73 Å². The first kappa shape index (κ1) is 18.2. The average Bonchev–Trinajstić information content (AvgIpc) is 3.40. The van der Waals surface area contributed by atoms with E-state index in [-0.39, 0.29) is 18.0 Å². The number of nitrogen functional groups attached to an aromatic ring is 1. The fourth-order valence-electron chi connectivity index (χ4n) is 3.09. The molecule has 146 valence electrons. The second-order valence-corrected chi connectivity index (χ2v) is 7.75. The molecule has 28 heavy (non-hydrogen) atoms. The predicted molar refractivity (Wildman–Crippen MR) is 106 cm³/mol. The number of anilines is 1. The minimum Gasteiger partial charge on any atom is -0.490 e. The summed E-state index contributed by atoms with van der Waals surface area (Å²) in [5.41, 5.74) is 12.8. The van der Waals surface area contributed by atoms with Crippen LogP contribution in [0.3, 0.4) is 0 Å². The van der Waals surface area contributed by atoms with Crippen LogP contribution >= 0.6 is 0 Å². The third kappa shape index (κ3) is 3.16. The highest BCUT2D eigenvalue weighted by Crippen LogP contribution is 2.33. The molecule has 0 saturated heterocycles. The van der Waals surface area contributed by atoms with E-state index >= 15 is 0 Å². The number of pyridine rings is 1. The molecule has 1 aromatic carbocycles. The zero-order valence-electron chi connectivity index (χ0n) is 15.8. The third-order valence-electron chi connectivity index (χ3n) is 4.88. The lowest BCUT2D eigenvalue weighted by Crippen LogP contribution is -2.32. The number of hydrogen-bond donors (Lipinski definition) is 3. The number of hydrogen-bond acceptors (Lipinski definition) is 6. The van der Waals surface area contributed by atoms with Gasteiger partial charge in [0.25, 0.3) is 5.91 Å². The molecule has 5 N–H and O–H groups in total. The van der Waals surface area contributed by atoms with Crippen molar-refractivity contribution >= 4 is 22.6 Å². The molecule has 0 spiro atoms. The Morgan fingerprint density at radius 2 is 2.11 bits per heavy atom. The first-order chi connectivity index (χ1) is 13.3. The predicted octanol–water partition coefficient (Wildman–Crippen LogP) is 2.05. The smallest absolute Gasteiger partial charge is 0.254 e. The Balaban J connectivity index is 1.80. The second-order valence-electron chi connectivity index (χ2n) is 7.75. The Bertz CT molecular complexity index is 1070. The van der Waals surface area contributed by atoms with Crippen molar-refractivity contribution in [2.75, 3.05) is 12.3 Å². The molecule has 0 atom stereocenters. The lowest BCUT2D eigenvalue weighted by atomic mass is 10.1. The largest absolute Gasteiger partial charge is 0.490 e. The number of benzene rings is 1. The van der Waals surface area contributed by atoms with E-state index < -0.39 is 11.4 Å². The van der Waals surface area contributed by atoms with E-state index in [1.807, 2.05) is 24.3 Å². The van der Waals surface area contributed by atoms with Crippen molar-refractivity contribution < 1.29 is 14.6 Å². The maximum Gasteiger partial charge on any atom is 0.254 e. The Morgan fingerprint density at radius 1 is 1.36 bits per heavy atom. The quantitative estimate of drug-likeness (QED) is 0.599. The van der Waals surface area contributed by atoms with Crippen molar-refractivity contribution in [3.8, 4) is 17.0 Å². The lowest BCUT2D eigenvalue weighted by Gasteiger charge is -2.23. The van der Waals surface area contributed by atoms with E-state index in [1.54, 1.807) is 20.0 Å². The fraction of sp³-hybridized carbons (Fsp3) is 0.350. The van der Waals surface area contributed by atoms with E-state index in [0.717, 1.165) is 29.5 Å². The Labute approximate surface area is 162 Å². The molecule has 1 aliphatic carbocycles. The Kier molecular flexibility index (Phi) is 4.23. The van der Waals surface area contributed by atoms with Crippen LogP contribution in [0.4, 0.5) is 5.82 Å². The van der Waals surface area contributed by atoms with Crippen LogP contribution in [0.2, 0.25) is 0 Å². The van der Waals surface area contributed by atoms with Gasteiger partial charge in [-0.2, -0.15) is 5.10 Å². The maximum atomic E-state index is 12.1. The van der Waals surface area contributed by atoms with Gasteiger partial charge in [0.15, 0.2) is 0 Å². The summed E-state index contributed by atoms with van der Waals surface area (Å²) in [6, 6.07) is 7.61. The summed E-state index contributed by atoms with van der Waals surface area (Å²) >= 11 is 0. The lowest BCUT2D eigenvalue weighted by molar-refractivity contribution is 0.100. The number of aliphatic hydroxyl groups excluding tert-OH is 1. The van der Waals surface area contributed by atoms with Gasteiger partial charge in [0.1, 0.15) is 22.8 Å². The molecular weight excluding hydrogens is 358 g/mol. The number of aromatic nitrogens is 3. The van der Waals surface area contributed by atoms with Crippen LogP contribution in [-0.4, -0.2) is 38.5 Å². The van der Waals surface area contributed by atoms with Crippen LogP contribution in [0.15, 0.2) is 30.5 Å². The number of aliphatic hydroxyl groups is 1. The SMILES string of the molecule is CC(C)(CO)n1nc(-c2cnc3cc(OC4CC4)ccc3c2)c(C(N)=O)c1N. The number of nitrogens with two attached hydrogens (primary N) is 2. The number of amides is 1. The molecule has 3 aromatic rings. The minimum absolute atomic E-state index is 0.120. The normalized spacial score (nSPS) is 14.4. The topological polar surface area (TPSA) is 129 Å². The molecule has 4 rings (SSSR count). The van der Waals surface area contributed by atoms with Crippen molar-refractivity contribution in [2.45, 2.75) is 38.3 Å². The molecule has 8 nitrogen and oxygen atoms in total. The molecule has 0 unspecified atom stereocenters. The molecular formula is C20H23N5O3. The first-order valence-electron chi connectivity index (χ1n) is 9.16. The van der Waals surface area contributed by atoms with E-state index in [0.29, 0.717) is 17.4 Å². The molecule has 2 heterocycles. The van der Waals surface area contributed by atoms with E-state index in [4.69, 9.17) is 16.2 Å². The summed E-state index contributed by atoms with van der Waals surface area (Å²) in [6.07, 6.45) is 4.13. The molecule has 0 bridgehead atoms. The van der Waals surface area contributed by atoms with Crippen molar-refractivity contribution in [3.63, 3.8) is 0 Å². The van der Waals surface area contributed by atoms with Crippen molar-refractivity contribution in [1.82, 2.24) is 14.8 Å². The van der Waals surface area contributed by atoms with Gasteiger partial charge in [-0.05, 0) is 44.9 Å². The molecule has 8 heteroatoms. The summed E-state index contributed by atoms with van der Waals surface area (Å²) in [5, 5.41) is 15.0. The first-order valence-corrected chi connectivity index (χ1v) is 9.16. The van der Waals surface area contributed by atoms with Gasteiger partial charge < -0.3 is 21.3 Å². The number of primary amides is 1. The summed E-state index contributed by atoms with van der Waals surface area (Å²) in [7, 11) is 0. The zero-order chi connectivity index (χ0) is 20.1. The molecule has 1 amide bonds. The van der Waals surface area contributed by atoms with Crippen molar-refractivity contribution in [1.29, 1.82) is 0 Å². The highest BCUT2D eigenvalue weighted by Gasteiger charge is 2.29. The van der Waals surface area contributed by atoms with E-state index in [2.05, 4.69) is 10.1 Å². The van der Waals surface area contributed by atoms with Gasteiger partial charge in [0, 0.05) is 23.2 Å². The van der Waals surface area contributed by atoms with Gasteiger partial charge in [-0.15, -0.1) is 0 Å². The number of carbonyl (C=O) groups is 1. The molecule has 1 fully saturated rings. The van der Waals surface area contributed by atoms with Crippen molar-refractivity contribution in [3.05, 3.63) is 36.0 Å². The molecule has 0 radical (unpaired) electrons. The van der Waals surface area contributed by atoms with Gasteiger partial charge in [0.05, 0.1) is 23.8 Å². The maximum absolute atomic E-state index is 12.1. The van der Waals surface area contributed by atoms with Crippen LogP contribution in [-0.2, 0) is 5.54 Å². The summed E-state index contributed by atoms with van der Waals surface area (Å²) in [5.74, 6) is 0.238. The summed E-state index contributed by atoms with van der Waals surface area (Å²) in [6.45, 7) is 3.34. The number of carbonyl (C=O) groups excluding carboxylic acids is 1. The highest BCUT2D eigenvalue weighted by molar-refractivity contribution is 6.03. The monoisotopic (exact) mass is 381 g/mol. The van der Waals surface area contributed by atoms with Crippen LogP contribution in [0.5, 0.6) is 5.75 Å². The molecule has 0 aliphatic heterocycles. The average molecular weight is 381 g/mol. The van der Waals surface area contributed by atoms with Gasteiger partial charge in [-0.1, -0.05) is 0 Å². The fourth-order valence-corrected chi connectivity index (χ4v) is 3.09. The van der Waals surface area contributed by atoms with E-state index in [1.165, 1.54) is 4.68 Å². The van der Waals surface area contributed by atoms with Gasteiger partial charge in [0.2, 0.25) is 0 Å². The van der Waals surface area contributed by atoms with Crippen LogP contribution in [0.25, 0.3) is 22.2 Å². The number of ether oxygens (including phenoxy) is 1. The van der Waals surface area contributed by atoms with Gasteiger partial charge in [-0.3, -0.25) is 9.78 Å². The van der Waals surface area contributed by atoms with Gasteiger partial charge >= 0.3 is 0 Å². The number of fused-ring (bicyclic) bond motifs is 1. The number of rotatable bonds is 6. The summed E-state index contributed by atoms with van der Waals surface area (Å²) < 4.78 is 7.24. The standard InChI is InChI=1S/C20H23N5O3/c1-20(2,10-26)25-18(21)16(19(22)27)17(24-25)12-7-11-3-4-14(28-13-5-6-13)8-15(11)23-9-12/h3-4,7-9,13,26H,5-6,10,21H2,1-2H3,(H2,22,27). The third-order valence-corrected chi connectivity index (χ3v) is 4.88. The molecule has 1 saturated carbocycles. The minimum atomic E-state index is -0.786. The van der Waals surface area contributed by atoms with Crippen LogP contribution < -0.4 is 16.2 Å². The number of nitrogens with zero attached hydrogens (tertiary/aromatic N) is 3. The van der Waals surface area contributed by atoms with Crippen LogP contribution in [0, 0.1) is 0 Å². The molecule has 2 aromatic heterocycles. The van der Waals surface area contributed by atoms with E-state index in [9.17, 15) is 9.90 Å².